The van der Waals surface area contributed by atoms with Gasteiger partial charge < -0.3 is 14.9 Å². The Bertz CT molecular complexity index is 341. The largest absolute Gasteiger partial charge is 0.478 e. The first-order valence-corrected chi connectivity index (χ1v) is 5.85. The summed E-state index contributed by atoms with van der Waals surface area (Å²) in [5.74, 6) is -1.47. The number of aliphatic hydroxyl groups is 1. The van der Waals surface area contributed by atoms with Crippen molar-refractivity contribution < 1.29 is 24.5 Å². The summed E-state index contributed by atoms with van der Waals surface area (Å²) in [4.78, 5) is 22.0. The van der Waals surface area contributed by atoms with Crippen molar-refractivity contribution in [2.75, 3.05) is 13.2 Å². The number of ether oxygens (including phenoxy) is 1. The molecule has 0 spiro atoms. The third-order valence-electron chi connectivity index (χ3n) is 2.28. The van der Waals surface area contributed by atoms with Crippen LogP contribution in [0.25, 0.3) is 0 Å². The van der Waals surface area contributed by atoms with Gasteiger partial charge in [-0.15, -0.1) is 0 Å². The number of aliphatic hydroxyl groups excluding tert-OH is 1. The van der Waals surface area contributed by atoms with E-state index < -0.39 is 11.9 Å². The number of aliphatic carboxylic acids is 1. The lowest BCUT2D eigenvalue weighted by Crippen LogP contribution is -2.07. The fourth-order valence-corrected chi connectivity index (χ4v) is 1.06. The third-order valence-corrected chi connectivity index (χ3v) is 2.28. The average Bonchev–Trinajstić information content (AvgIpc) is 2.34. The van der Waals surface area contributed by atoms with Crippen molar-refractivity contribution in [1.29, 1.82) is 0 Å². The summed E-state index contributed by atoms with van der Waals surface area (Å²) >= 11 is 0. The Hall–Kier alpha value is -1.62. The van der Waals surface area contributed by atoms with Gasteiger partial charge in [0.1, 0.15) is 0 Å². The van der Waals surface area contributed by atoms with Crippen LogP contribution >= 0.6 is 0 Å². The Balaban J connectivity index is 4.06. The van der Waals surface area contributed by atoms with Crippen LogP contribution in [0.4, 0.5) is 0 Å². The highest BCUT2D eigenvalue weighted by Gasteiger charge is 2.05. The van der Waals surface area contributed by atoms with Gasteiger partial charge in [0.15, 0.2) is 0 Å². The number of hydrogen-bond acceptors (Lipinski definition) is 4. The SMILES string of the molecule is CC(=CC=C(C)C(=O)OCCCCCO)C(=O)O. The summed E-state index contributed by atoms with van der Waals surface area (Å²) in [6.45, 7) is 3.48. The Labute approximate surface area is 107 Å². The number of rotatable bonds is 8. The average molecular weight is 256 g/mol. The van der Waals surface area contributed by atoms with Crippen LogP contribution in [-0.2, 0) is 14.3 Å². The van der Waals surface area contributed by atoms with Crippen molar-refractivity contribution in [3.8, 4) is 0 Å². The Kier molecular flexibility index (Phi) is 8.57. The molecule has 102 valence electrons. The minimum absolute atomic E-state index is 0.145. The first-order chi connectivity index (χ1) is 8.49. The van der Waals surface area contributed by atoms with Gasteiger partial charge in [-0.05, 0) is 33.1 Å². The van der Waals surface area contributed by atoms with Gasteiger partial charge >= 0.3 is 11.9 Å². The number of carboxylic acids is 1. The van der Waals surface area contributed by atoms with Crippen LogP contribution in [0, 0.1) is 0 Å². The van der Waals surface area contributed by atoms with Crippen molar-refractivity contribution in [1.82, 2.24) is 0 Å². The second-order valence-corrected chi connectivity index (χ2v) is 3.92. The molecule has 5 heteroatoms. The van der Waals surface area contributed by atoms with Crippen LogP contribution in [-0.4, -0.2) is 35.4 Å². The predicted octanol–water partition coefficient (Wildman–Crippen LogP) is 1.67. The molecule has 0 saturated heterocycles. The Morgan fingerprint density at radius 2 is 1.67 bits per heavy atom. The van der Waals surface area contributed by atoms with Crippen LogP contribution in [0.5, 0.6) is 0 Å². The molecular formula is C13H20O5. The maximum absolute atomic E-state index is 11.4. The van der Waals surface area contributed by atoms with E-state index in [1.807, 2.05) is 0 Å². The van der Waals surface area contributed by atoms with Gasteiger partial charge in [-0.1, -0.05) is 12.2 Å². The molecule has 5 nitrogen and oxygen atoms in total. The van der Waals surface area contributed by atoms with E-state index in [1.165, 1.54) is 19.1 Å². The summed E-state index contributed by atoms with van der Waals surface area (Å²) < 4.78 is 4.98. The molecule has 0 aromatic rings. The molecule has 0 aromatic carbocycles. The number of carbonyl (C=O) groups is 2. The van der Waals surface area contributed by atoms with Crippen LogP contribution < -0.4 is 0 Å². The smallest absolute Gasteiger partial charge is 0.333 e. The molecule has 0 amide bonds. The first kappa shape index (κ1) is 16.4. The van der Waals surface area contributed by atoms with Crippen molar-refractivity contribution in [3.63, 3.8) is 0 Å². The zero-order valence-corrected chi connectivity index (χ0v) is 10.8. The summed E-state index contributed by atoms with van der Waals surface area (Å²) in [6.07, 6.45) is 5.02. The van der Waals surface area contributed by atoms with Gasteiger partial charge in [0, 0.05) is 17.8 Å². The van der Waals surface area contributed by atoms with Crippen molar-refractivity contribution >= 4 is 11.9 Å². The van der Waals surface area contributed by atoms with Gasteiger partial charge in [-0.2, -0.15) is 0 Å². The topological polar surface area (TPSA) is 83.8 Å². The molecule has 0 aliphatic carbocycles. The first-order valence-electron chi connectivity index (χ1n) is 5.85. The van der Waals surface area contributed by atoms with Crippen LogP contribution in [0.15, 0.2) is 23.3 Å². The van der Waals surface area contributed by atoms with E-state index in [1.54, 1.807) is 6.92 Å². The van der Waals surface area contributed by atoms with Gasteiger partial charge in [-0.25, -0.2) is 9.59 Å². The Morgan fingerprint density at radius 3 is 2.22 bits per heavy atom. The summed E-state index contributed by atoms with van der Waals surface area (Å²) in [7, 11) is 0. The predicted molar refractivity (Wildman–Crippen MR) is 67.0 cm³/mol. The molecular weight excluding hydrogens is 236 g/mol. The van der Waals surface area contributed by atoms with E-state index >= 15 is 0 Å². The molecule has 0 aliphatic rings. The van der Waals surface area contributed by atoms with Crippen molar-refractivity contribution in [2.24, 2.45) is 0 Å². The number of unbranched alkanes of at least 4 members (excludes halogenated alkanes) is 2. The van der Waals surface area contributed by atoms with Crippen LogP contribution in [0.3, 0.4) is 0 Å². The summed E-state index contributed by atoms with van der Waals surface area (Å²) in [6, 6.07) is 0. The second kappa shape index (κ2) is 9.41. The van der Waals surface area contributed by atoms with Crippen molar-refractivity contribution in [3.05, 3.63) is 23.3 Å². The van der Waals surface area contributed by atoms with Gasteiger partial charge in [-0.3, -0.25) is 0 Å². The lowest BCUT2D eigenvalue weighted by molar-refractivity contribution is -0.139. The molecule has 18 heavy (non-hydrogen) atoms. The molecule has 0 radical (unpaired) electrons. The van der Waals surface area contributed by atoms with Gasteiger partial charge in [0.2, 0.25) is 0 Å². The lowest BCUT2D eigenvalue weighted by atomic mass is 10.2. The zero-order chi connectivity index (χ0) is 14.0. The number of hydrogen-bond donors (Lipinski definition) is 2. The maximum atomic E-state index is 11.4. The summed E-state index contributed by atoms with van der Waals surface area (Å²) in [5.41, 5.74) is 0.517. The second-order valence-electron chi connectivity index (χ2n) is 3.92. The highest BCUT2D eigenvalue weighted by atomic mass is 16.5. The fourth-order valence-electron chi connectivity index (χ4n) is 1.06. The van der Waals surface area contributed by atoms with Gasteiger partial charge in [0.25, 0.3) is 0 Å². The normalized spacial score (nSPS) is 12.4. The molecule has 0 bridgehead atoms. The fraction of sp³-hybridized carbons (Fsp3) is 0.538. The van der Waals surface area contributed by atoms with Crippen LogP contribution in [0.1, 0.15) is 33.1 Å². The molecule has 0 saturated carbocycles. The molecule has 0 heterocycles. The van der Waals surface area contributed by atoms with E-state index in [4.69, 9.17) is 14.9 Å². The van der Waals surface area contributed by atoms with Crippen molar-refractivity contribution in [2.45, 2.75) is 33.1 Å². The molecule has 0 atom stereocenters. The molecule has 0 aliphatic heterocycles. The van der Waals surface area contributed by atoms with E-state index in [-0.39, 0.29) is 12.2 Å². The third kappa shape index (κ3) is 7.62. The Morgan fingerprint density at radius 1 is 1.06 bits per heavy atom. The molecule has 0 rings (SSSR count). The monoisotopic (exact) mass is 256 g/mol. The standard InChI is InChI=1S/C13H20O5/c1-10(12(15)16)6-7-11(2)13(17)18-9-5-3-4-8-14/h6-7,14H,3-5,8-9H2,1-2H3,(H,15,16). The quantitative estimate of drug-likeness (QED) is 0.299. The van der Waals surface area contributed by atoms with Gasteiger partial charge in [0.05, 0.1) is 6.61 Å². The van der Waals surface area contributed by atoms with E-state index in [0.29, 0.717) is 25.0 Å². The maximum Gasteiger partial charge on any atom is 0.333 e. The number of carbonyl (C=O) groups excluding carboxylic acids is 1. The lowest BCUT2D eigenvalue weighted by Gasteiger charge is -2.04. The molecule has 0 aromatic heterocycles. The van der Waals surface area contributed by atoms with Crippen LogP contribution in [0.2, 0.25) is 0 Å². The molecule has 0 unspecified atom stereocenters. The minimum atomic E-state index is -1.02. The highest BCUT2D eigenvalue weighted by molar-refractivity contribution is 5.89. The highest BCUT2D eigenvalue weighted by Crippen LogP contribution is 2.02. The number of allylic oxidation sites excluding steroid dienone is 2. The van der Waals surface area contributed by atoms with E-state index in [0.717, 1.165) is 6.42 Å². The summed E-state index contributed by atoms with van der Waals surface area (Å²) in [5, 5.41) is 17.2. The molecule has 2 N–H and O–H groups in total. The van der Waals surface area contributed by atoms with E-state index in [2.05, 4.69) is 0 Å². The molecule has 0 fully saturated rings. The van der Waals surface area contributed by atoms with E-state index in [9.17, 15) is 9.59 Å². The zero-order valence-electron chi connectivity index (χ0n) is 10.8. The minimum Gasteiger partial charge on any atom is -0.478 e. The number of esters is 1. The number of carboxylic acid groups (broad SMARTS) is 1.